The summed E-state index contributed by atoms with van der Waals surface area (Å²) in [5, 5.41) is 5.47. The Balaban J connectivity index is 1.71. The van der Waals surface area contributed by atoms with Crippen LogP contribution in [0.4, 0.5) is 4.39 Å². The minimum atomic E-state index is -0.269. The van der Waals surface area contributed by atoms with Crippen LogP contribution in [0.3, 0.4) is 0 Å². The Kier molecular flexibility index (Phi) is 6.04. The molecule has 0 fully saturated rings. The maximum absolute atomic E-state index is 13.8. The molecule has 1 heterocycles. The minimum absolute atomic E-state index is 0.158. The van der Waals surface area contributed by atoms with Gasteiger partial charge in [0.15, 0.2) is 11.5 Å². The first-order valence-electron chi connectivity index (χ1n) is 8.03. The number of hydrogen-bond donors (Lipinski definition) is 1. The van der Waals surface area contributed by atoms with Gasteiger partial charge in [0.25, 0.3) is 0 Å². The largest absolute Gasteiger partial charge is 0.493 e. The summed E-state index contributed by atoms with van der Waals surface area (Å²) in [6.45, 7) is 1.59. The number of thiophene rings is 1. The second-order valence-corrected chi connectivity index (χ2v) is 6.54. The fourth-order valence-electron chi connectivity index (χ4n) is 2.52. The van der Waals surface area contributed by atoms with Crippen LogP contribution in [-0.2, 0) is 19.7 Å². The van der Waals surface area contributed by atoms with Crippen molar-refractivity contribution in [1.29, 1.82) is 0 Å². The fraction of sp³-hybridized carbons (Fsp3) is 0.200. The molecule has 0 radical (unpaired) electrons. The number of rotatable bonds is 8. The highest BCUT2D eigenvalue weighted by molar-refractivity contribution is 7.09. The molecule has 0 atom stereocenters. The number of benzene rings is 2. The Labute approximate surface area is 151 Å². The first-order valence-corrected chi connectivity index (χ1v) is 8.91. The lowest BCUT2D eigenvalue weighted by Crippen LogP contribution is -2.13. The molecular formula is C20H20FNO2S. The summed E-state index contributed by atoms with van der Waals surface area (Å²) >= 11 is 1.72. The molecule has 1 aromatic heterocycles. The van der Waals surface area contributed by atoms with Gasteiger partial charge in [-0.3, -0.25) is 0 Å². The van der Waals surface area contributed by atoms with Crippen molar-refractivity contribution >= 4 is 11.3 Å². The van der Waals surface area contributed by atoms with Crippen LogP contribution in [0.25, 0.3) is 0 Å². The van der Waals surface area contributed by atoms with Crippen molar-refractivity contribution < 1.29 is 13.9 Å². The number of para-hydroxylation sites is 1. The quantitative estimate of drug-likeness (QED) is 0.630. The standard InChI is InChI=1S/C20H20FNO2S/c1-23-19-10-4-7-15(12-22-13-17-8-5-11-25-17)20(19)24-14-16-6-2-3-9-18(16)21/h2-11,22H,12-14H2,1H3. The molecule has 0 saturated carbocycles. The van der Waals surface area contributed by atoms with E-state index in [1.165, 1.54) is 10.9 Å². The molecule has 25 heavy (non-hydrogen) atoms. The van der Waals surface area contributed by atoms with Gasteiger partial charge in [-0.15, -0.1) is 11.3 Å². The van der Waals surface area contributed by atoms with Crippen LogP contribution >= 0.6 is 11.3 Å². The molecule has 0 unspecified atom stereocenters. The summed E-state index contributed by atoms with van der Waals surface area (Å²) in [7, 11) is 1.61. The van der Waals surface area contributed by atoms with Crippen LogP contribution in [0.2, 0.25) is 0 Å². The van der Waals surface area contributed by atoms with Crippen LogP contribution in [0, 0.1) is 5.82 Å². The maximum Gasteiger partial charge on any atom is 0.166 e. The van der Waals surface area contributed by atoms with E-state index in [-0.39, 0.29) is 12.4 Å². The lowest BCUT2D eigenvalue weighted by atomic mass is 10.1. The van der Waals surface area contributed by atoms with E-state index in [4.69, 9.17) is 9.47 Å². The van der Waals surface area contributed by atoms with E-state index < -0.39 is 0 Å². The van der Waals surface area contributed by atoms with Crippen LogP contribution in [0.1, 0.15) is 16.0 Å². The van der Waals surface area contributed by atoms with E-state index >= 15 is 0 Å². The lowest BCUT2D eigenvalue weighted by molar-refractivity contribution is 0.276. The number of ether oxygens (including phenoxy) is 2. The van der Waals surface area contributed by atoms with Gasteiger partial charge < -0.3 is 14.8 Å². The van der Waals surface area contributed by atoms with Crippen LogP contribution in [-0.4, -0.2) is 7.11 Å². The molecule has 5 heteroatoms. The van der Waals surface area contributed by atoms with Gasteiger partial charge in [-0.2, -0.15) is 0 Å². The van der Waals surface area contributed by atoms with Crippen molar-refractivity contribution in [2.75, 3.05) is 7.11 Å². The van der Waals surface area contributed by atoms with Gasteiger partial charge in [0, 0.05) is 29.1 Å². The lowest BCUT2D eigenvalue weighted by Gasteiger charge is -2.16. The first-order chi connectivity index (χ1) is 12.3. The van der Waals surface area contributed by atoms with Crippen LogP contribution in [0.15, 0.2) is 60.0 Å². The van der Waals surface area contributed by atoms with Crippen molar-refractivity contribution in [3.63, 3.8) is 0 Å². The third-order valence-corrected chi connectivity index (χ3v) is 4.68. The molecule has 2 aromatic carbocycles. The summed E-state index contributed by atoms with van der Waals surface area (Å²) in [6.07, 6.45) is 0. The summed E-state index contributed by atoms with van der Waals surface area (Å²) in [5.74, 6) is 1.02. The van der Waals surface area contributed by atoms with Gasteiger partial charge in [0.05, 0.1) is 7.11 Å². The highest BCUT2D eigenvalue weighted by Gasteiger charge is 2.12. The van der Waals surface area contributed by atoms with E-state index in [9.17, 15) is 4.39 Å². The van der Waals surface area contributed by atoms with Crippen LogP contribution < -0.4 is 14.8 Å². The fourth-order valence-corrected chi connectivity index (χ4v) is 3.20. The van der Waals surface area contributed by atoms with Crippen LogP contribution in [0.5, 0.6) is 11.5 Å². The molecule has 0 spiro atoms. The molecule has 3 rings (SSSR count). The average molecular weight is 357 g/mol. The summed E-state index contributed by atoms with van der Waals surface area (Å²) in [5.41, 5.74) is 1.50. The summed E-state index contributed by atoms with van der Waals surface area (Å²) in [6, 6.07) is 16.5. The van der Waals surface area contributed by atoms with E-state index in [0.717, 1.165) is 12.1 Å². The number of hydrogen-bond acceptors (Lipinski definition) is 4. The molecular weight excluding hydrogens is 337 g/mol. The van der Waals surface area contributed by atoms with Gasteiger partial charge in [0.1, 0.15) is 12.4 Å². The molecule has 0 amide bonds. The number of halogens is 1. The predicted molar refractivity (Wildman–Crippen MR) is 98.6 cm³/mol. The Morgan fingerprint density at radius 1 is 0.960 bits per heavy atom. The second-order valence-electron chi connectivity index (χ2n) is 5.51. The molecule has 3 nitrogen and oxygen atoms in total. The zero-order valence-corrected chi connectivity index (χ0v) is 14.8. The number of nitrogens with one attached hydrogen (secondary N) is 1. The SMILES string of the molecule is COc1cccc(CNCc2cccs2)c1OCc1ccccc1F. The molecule has 1 N–H and O–H groups in total. The van der Waals surface area contributed by atoms with Crippen molar-refractivity contribution in [1.82, 2.24) is 5.32 Å². The Hall–Kier alpha value is -2.37. The molecule has 0 aliphatic rings. The van der Waals surface area contributed by atoms with Crippen molar-refractivity contribution in [3.8, 4) is 11.5 Å². The number of methoxy groups -OCH3 is 1. The van der Waals surface area contributed by atoms with E-state index in [1.54, 1.807) is 36.6 Å². The summed E-state index contributed by atoms with van der Waals surface area (Å²) < 4.78 is 25.1. The van der Waals surface area contributed by atoms with Gasteiger partial charge in [-0.05, 0) is 23.6 Å². The molecule has 3 aromatic rings. The van der Waals surface area contributed by atoms with E-state index in [2.05, 4.69) is 16.8 Å². The van der Waals surface area contributed by atoms with Crippen molar-refractivity contribution in [2.24, 2.45) is 0 Å². The molecule has 0 bridgehead atoms. The third-order valence-electron chi connectivity index (χ3n) is 3.80. The first kappa shape index (κ1) is 17.5. The van der Waals surface area contributed by atoms with Gasteiger partial charge in [0.2, 0.25) is 0 Å². The van der Waals surface area contributed by atoms with Gasteiger partial charge in [-0.1, -0.05) is 36.4 Å². The Bertz CT molecular complexity index is 805. The molecule has 0 aliphatic heterocycles. The predicted octanol–water partition coefficient (Wildman–Crippen LogP) is 4.76. The highest BCUT2D eigenvalue weighted by atomic mass is 32.1. The third kappa shape index (κ3) is 4.59. The minimum Gasteiger partial charge on any atom is -0.493 e. The zero-order chi connectivity index (χ0) is 17.5. The Morgan fingerprint density at radius 2 is 1.80 bits per heavy atom. The molecule has 0 saturated heterocycles. The Morgan fingerprint density at radius 3 is 2.56 bits per heavy atom. The monoisotopic (exact) mass is 357 g/mol. The van der Waals surface area contributed by atoms with E-state index in [0.29, 0.717) is 23.6 Å². The smallest absolute Gasteiger partial charge is 0.166 e. The zero-order valence-electron chi connectivity index (χ0n) is 14.0. The topological polar surface area (TPSA) is 30.5 Å². The molecule has 130 valence electrons. The normalized spacial score (nSPS) is 10.6. The van der Waals surface area contributed by atoms with Gasteiger partial charge in [-0.25, -0.2) is 4.39 Å². The second kappa shape index (κ2) is 8.65. The van der Waals surface area contributed by atoms with E-state index in [1.807, 2.05) is 24.3 Å². The summed E-state index contributed by atoms with van der Waals surface area (Å²) in [4.78, 5) is 1.27. The van der Waals surface area contributed by atoms with Gasteiger partial charge >= 0.3 is 0 Å². The maximum atomic E-state index is 13.8. The van der Waals surface area contributed by atoms with Crippen molar-refractivity contribution in [3.05, 3.63) is 81.8 Å². The average Bonchev–Trinajstić information content (AvgIpc) is 3.15. The molecule has 0 aliphatic carbocycles. The highest BCUT2D eigenvalue weighted by Crippen LogP contribution is 2.32. The van der Waals surface area contributed by atoms with Crippen molar-refractivity contribution in [2.45, 2.75) is 19.7 Å².